The summed E-state index contributed by atoms with van der Waals surface area (Å²) in [7, 11) is -3.80. The number of nitrogens with one attached hydrogen (secondary N) is 1. The Balaban J connectivity index is 1.71. The molecule has 0 saturated carbocycles. The second-order valence-corrected chi connectivity index (χ2v) is 9.52. The Hall–Kier alpha value is -2.69. The lowest BCUT2D eigenvalue weighted by atomic mass is 10.1. The van der Waals surface area contributed by atoms with Crippen LogP contribution in [0.2, 0.25) is 0 Å². The van der Waals surface area contributed by atoms with E-state index in [0.29, 0.717) is 28.0 Å². The molecule has 156 valence electrons. The Kier molecular flexibility index (Phi) is 5.39. The molecule has 4 aromatic rings. The third-order valence-corrected chi connectivity index (χ3v) is 6.68. The van der Waals surface area contributed by atoms with Crippen LogP contribution < -0.4 is 10.7 Å². The van der Waals surface area contributed by atoms with E-state index >= 15 is 0 Å². The molecule has 2 heterocycles. The molecule has 0 atom stereocenters. The van der Waals surface area contributed by atoms with Crippen molar-refractivity contribution in [1.82, 2.24) is 19.5 Å². The number of aryl methyl sites for hydroxylation is 2. The highest BCUT2D eigenvalue weighted by molar-refractivity contribution is 7.98. The standard InChI is InChI=1S/C20H21N5O3S2/c1-3-9-25-16-8-7-13(30(21,27)28)10-15(16)22-20(25)29-11-17-23-18-12(2)5-4-6-14(18)19(26)24-17/h4-8,10H,3,9,11H2,1-2H3,(H2,21,27,28)(H,23,24,26). The summed E-state index contributed by atoms with van der Waals surface area (Å²) in [5.41, 5.74) is 2.87. The van der Waals surface area contributed by atoms with E-state index in [2.05, 4.69) is 21.9 Å². The van der Waals surface area contributed by atoms with Crippen molar-refractivity contribution in [2.75, 3.05) is 0 Å². The van der Waals surface area contributed by atoms with Crippen LogP contribution in [-0.2, 0) is 22.3 Å². The summed E-state index contributed by atoms with van der Waals surface area (Å²) >= 11 is 1.44. The van der Waals surface area contributed by atoms with E-state index in [1.807, 2.05) is 23.6 Å². The Labute approximate surface area is 177 Å². The molecule has 0 aliphatic rings. The van der Waals surface area contributed by atoms with E-state index in [-0.39, 0.29) is 10.5 Å². The molecular formula is C20H21N5O3S2. The average Bonchev–Trinajstić information content (AvgIpc) is 3.04. The second-order valence-electron chi connectivity index (χ2n) is 7.01. The molecule has 0 aliphatic heterocycles. The lowest BCUT2D eigenvalue weighted by Crippen LogP contribution is -2.12. The fourth-order valence-electron chi connectivity index (χ4n) is 3.37. The van der Waals surface area contributed by atoms with Crippen LogP contribution in [-0.4, -0.2) is 27.9 Å². The SMILES string of the molecule is CCCn1c(SCc2nc3c(C)cccc3c(=O)[nH]2)nc2cc(S(N)(=O)=O)ccc21. The van der Waals surface area contributed by atoms with Gasteiger partial charge >= 0.3 is 0 Å². The summed E-state index contributed by atoms with van der Waals surface area (Å²) in [4.78, 5) is 24.5. The molecule has 0 bridgehead atoms. The van der Waals surface area contributed by atoms with Crippen LogP contribution in [0.15, 0.2) is 51.2 Å². The van der Waals surface area contributed by atoms with Gasteiger partial charge in [-0.05, 0) is 43.2 Å². The lowest BCUT2D eigenvalue weighted by molar-refractivity contribution is 0.598. The molecule has 0 radical (unpaired) electrons. The highest BCUT2D eigenvalue weighted by Crippen LogP contribution is 2.28. The predicted octanol–water partition coefficient (Wildman–Crippen LogP) is 2.93. The summed E-state index contributed by atoms with van der Waals surface area (Å²) in [5, 5.41) is 6.54. The highest BCUT2D eigenvalue weighted by atomic mass is 32.2. The number of hydrogen-bond donors (Lipinski definition) is 2. The van der Waals surface area contributed by atoms with Crippen molar-refractivity contribution in [1.29, 1.82) is 0 Å². The number of H-pyrrole nitrogens is 1. The third-order valence-electron chi connectivity index (χ3n) is 4.79. The average molecular weight is 444 g/mol. The summed E-state index contributed by atoms with van der Waals surface area (Å²) in [6.07, 6.45) is 0.889. The van der Waals surface area contributed by atoms with E-state index in [0.717, 1.165) is 29.2 Å². The first-order valence-electron chi connectivity index (χ1n) is 9.42. The number of nitrogens with two attached hydrogens (primary N) is 1. The van der Waals surface area contributed by atoms with Crippen molar-refractivity contribution in [2.24, 2.45) is 5.14 Å². The van der Waals surface area contributed by atoms with Gasteiger partial charge < -0.3 is 9.55 Å². The number of sulfonamides is 1. The van der Waals surface area contributed by atoms with Crippen LogP contribution in [0.1, 0.15) is 24.7 Å². The maximum Gasteiger partial charge on any atom is 0.258 e. The number of hydrogen-bond acceptors (Lipinski definition) is 6. The molecule has 2 aromatic heterocycles. The van der Waals surface area contributed by atoms with Gasteiger partial charge in [0.25, 0.3) is 5.56 Å². The molecule has 10 heteroatoms. The first-order chi connectivity index (χ1) is 14.3. The number of rotatable bonds is 6. The van der Waals surface area contributed by atoms with Crippen LogP contribution in [0.4, 0.5) is 0 Å². The number of para-hydroxylation sites is 1. The molecule has 30 heavy (non-hydrogen) atoms. The number of aromatic nitrogens is 4. The van der Waals surface area contributed by atoms with Gasteiger partial charge in [-0.25, -0.2) is 23.5 Å². The topological polar surface area (TPSA) is 124 Å². The fourth-order valence-corrected chi connectivity index (χ4v) is 4.81. The largest absolute Gasteiger partial charge is 0.319 e. The van der Waals surface area contributed by atoms with Crippen molar-refractivity contribution in [2.45, 2.75) is 42.6 Å². The van der Waals surface area contributed by atoms with Gasteiger partial charge in [0.2, 0.25) is 10.0 Å². The van der Waals surface area contributed by atoms with Crippen LogP contribution in [0.25, 0.3) is 21.9 Å². The first-order valence-corrected chi connectivity index (χ1v) is 12.0. The Morgan fingerprint density at radius 1 is 1.20 bits per heavy atom. The number of imidazole rings is 1. The molecule has 0 amide bonds. The van der Waals surface area contributed by atoms with Gasteiger partial charge in [0, 0.05) is 6.54 Å². The Morgan fingerprint density at radius 3 is 2.73 bits per heavy atom. The van der Waals surface area contributed by atoms with Crippen molar-refractivity contribution in [3.63, 3.8) is 0 Å². The molecule has 0 fully saturated rings. The summed E-state index contributed by atoms with van der Waals surface area (Å²) in [6, 6.07) is 10.2. The maximum atomic E-state index is 12.4. The van der Waals surface area contributed by atoms with Crippen molar-refractivity contribution >= 4 is 43.7 Å². The number of benzene rings is 2. The predicted molar refractivity (Wildman–Crippen MR) is 118 cm³/mol. The summed E-state index contributed by atoms with van der Waals surface area (Å²) in [5.74, 6) is 0.987. The van der Waals surface area contributed by atoms with E-state index in [1.54, 1.807) is 12.1 Å². The van der Waals surface area contributed by atoms with Gasteiger partial charge in [0.1, 0.15) is 5.82 Å². The van der Waals surface area contributed by atoms with Crippen LogP contribution in [0, 0.1) is 6.92 Å². The monoisotopic (exact) mass is 443 g/mol. The quantitative estimate of drug-likeness (QED) is 0.442. The Morgan fingerprint density at radius 2 is 2.00 bits per heavy atom. The zero-order chi connectivity index (χ0) is 21.5. The fraction of sp³-hybridized carbons (Fsp3) is 0.250. The summed E-state index contributed by atoms with van der Waals surface area (Å²) in [6.45, 7) is 4.72. The van der Waals surface area contributed by atoms with E-state index in [9.17, 15) is 13.2 Å². The molecule has 0 saturated heterocycles. The second kappa shape index (κ2) is 7.86. The van der Waals surface area contributed by atoms with Gasteiger partial charge in [0.15, 0.2) is 5.16 Å². The molecule has 0 unspecified atom stereocenters. The van der Waals surface area contributed by atoms with E-state index in [4.69, 9.17) is 5.14 Å². The van der Waals surface area contributed by atoms with Crippen molar-refractivity contribution < 1.29 is 8.42 Å². The maximum absolute atomic E-state index is 12.4. The van der Waals surface area contributed by atoms with E-state index in [1.165, 1.54) is 23.9 Å². The number of primary sulfonamides is 1. The van der Waals surface area contributed by atoms with Gasteiger partial charge in [0.05, 0.1) is 32.6 Å². The molecule has 0 spiro atoms. The third kappa shape index (κ3) is 3.85. The Bertz CT molecular complexity index is 1420. The van der Waals surface area contributed by atoms with Gasteiger partial charge in [-0.1, -0.05) is 30.8 Å². The molecule has 3 N–H and O–H groups in total. The minimum atomic E-state index is -3.80. The number of thioether (sulfide) groups is 1. The van der Waals surface area contributed by atoms with Crippen molar-refractivity contribution in [3.05, 3.63) is 58.1 Å². The zero-order valence-electron chi connectivity index (χ0n) is 16.5. The molecule has 0 aliphatic carbocycles. The number of nitrogens with zero attached hydrogens (tertiary/aromatic N) is 3. The van der Waals surface area contributed by atoms with Gasteiger partial charge in [-0.2, -0.15) is 0 Å². The smallest absolute Gasteiger partial charge is 0.258 e. The van der Waals surface area contributed by atoms with Crippen LogP contribution in [0.3, 0.4) is 0 Å². The zero-order valence-corrected chi connectivity index (χ0v) is 18.2. The molecular weight excluding hydrogens is 422 g/mol. The van der Waals surface area contributed by atoms with Crippen LogP contribution >= 0.6 is 11.8 Å². The highest BCUT2D eigenvalue weighted by Gasteiger charge is 2.16. The van der Waals surface area contributed by atoms with Crippen LogP contribution in [0.5, 0.6) is 0 Å². The molecule has 4 rings (SSSR count). The van der Waals surface area contributed by atoms with Gasteiger partial charge in [-0.3, -0.25) is 4.79 Å². The minimum absolute atomic E-state index is 0.0312. The van der Waals surface area contributed by atoms with E-state index < -0.39 is 10.0 Å². The van der Waals surface area contributed by atoms with Crippen molar-refractivity contribution in [3.8, 4) is 0 Å². The number of aromatic amines is 1. The first kappa shape index (κ1) is 20.6. The summed E-state index contributed by atoms with van der Waals surface area (Å²) < 4.78 is 25.4. The normalized spacial score (nSPS) is 12.1. The molecule has 8 nitrogen and oxygen atoms in total. The molecule has 2 aromatic carbocycles. The number of fused-ring (bicyclic) bond motifs is 2. The lowest BCUT2D eigenvalue weighted by Gasteiger charge is -2.08. The van der Waals surface area contributed by atoms with Gasteiger partial charge in [-0.15, -0.1) is 0 Å². The minimum Gasteiger partial charge on any atom is -0.319 e.